The molecule has 0 bridgehead atoms. The highest BCUT2D eigenvalue weighted by Gasteiger charge is 2.47. The Morgan fingerprint density at radius 2 is 1.02 bits per heavy atom. The van der Waals surface area contributed by atoms with Gasteiger partial charge < -0.3 is 4.74 Å². The summed E-state index contributed by atoms with van der Waals surface area (Å²) in [6.45, 7) is 2.32. The van der Waals surface area contributed by atoms with Crippen molar-refractivity contribution in [3.63, 3.8) is 0 Å². The summed E-state index contributed by atoms with van der Waals surface area (Å²) in [6, 6.07) is 68.7. The zero-order valence-electron chi connectivity index (χ0n) is 27.8. The number of hydrogen-bond donors (Lipinski definition) is 0. The zero-order chi connectivity index (χ0) is 33.3. The average Bonchev–Trinajstić information content (AvgIpc) is 3.50. The largest absolute Gasteiger partial charge is 0.457 e. The zero-order valence-corrected chi connectivity index (χ0v) is 27.8. The Kier molecular flexibility index (Phi) is 6.29. The molecule has 236 valence electrons. The Labute approximate surface area is 293 Å². The molecule has 1 heterocycles. The van der Waals surface area contributed by atoms with Crippen LogP contribution < -0.4 is 4.74 Å². The van der Waals surface area contributed by atoms with Gasteiger partial charge >= 0.3 is 0 Å². The number of hydrogen-bond acceptors (Lipinski definition) is 1. The van der Waals surface area contributed by atoms with Crippen molar-refractivity contribution in [2.24, 2.45) is 0 Å². The molecule has 0 saturated carbocycles. The van der Waals surface area contributed by atoms with Gasteiger partial charge in [-0.15, -0.1) is 0 Å². The lowest BCUT2D eigenvalue weighted by molar-refractivity contribution is 0.427. The van der Waals surface area contributed by atoms with E-state index in [1.165, 1.54) is 60.8 Å². The lowest BCUT2D eigenvalue weighted by atomic mass is 9.67. The molecule has 1 aliphatic carbocycles. The SMILES string of the molecule is CC1(c2ccccc2)c2ccccc2Oc2cc(-c3cccc(C4(c5ccccc5)c5ccccc5-c5c4ccc4ccccc54)c3)ccc21. The molecule has 10 rings (SSSR count). The molecule has 0 amide bonds. The first-order chi connectivity index (χ1) is 24.7. The van der Waals surface area contributed by atoms with Crippen LogP contribution in [-0.2, 0) is 10.8 Å². The van der Waals surface area contributed by atoms with Crippen LogP contribution in [0, 0.1) is 0 Å². The molecular formula is C49H34O. The van der Waals surface area contributed by atoms with Crippen LogP contribution in [0.2, 0.25) is 0 Å². The minimum atomic E-state index is -0.483. The van der Waals surface area contributed by atoms with Crippen molar-refractivity contribution in [2.45, 2.75) is 17.8 Å². The molecule has 2 aliphatic rings. The van der Waals surface area contributed by atoms with Crippen LogP contribution >= 0.6 is 0 Å². The Hall–Kier alpha value is -6.18. The monoisotopic (exact) mass is 638 g/mol. The summed E-state index contributed by atoms with van der Waals surface area (Å²) < 4.78 is 6.71. The van der Waals surface area contributed by atoms with Crippen LogP contribution in [0.1, 0.15) is 45.9 Å². The smallest absolute Gasteiger partial charge is 0.132 e. The van der Waals surface area contributed by atoms with Gasteiger partial charge in [-0.25, -0.2) is 0 Å². The maximum Gasteiger partial charge on any atom is 0.132 e. The molecular weight excluding hydrogens is 605 g/mol. The van der Waals surface area contributed by atoms with Gasteiger partial charge in [0.15, 0.2) is 0 Å². The van der Waals surface area contributed by atoms with Crippen LogP contribution in [0.3, 0.4) is 0 Å². The van der Waals surface area contributed by atoms with E-state index in [-0.39, 0.29) is 5.41 Å². The first kappa shape index (κ1) is 28.8. The number of para-hydroxylation sites is 1. The van der Waals surface area contributed by atoms with Crippen molar-refractivity contribution < 1.29 is 4.74 Å². The maximum absolute atomic E-state index is 6.71. The van der Waals surface area contributed by atoms with Gasteiger partial charge in [-0.1, -0.05) is 170 Å². The third-order valence-corrected chi connectivity index (χ3v) is 11.3. The predicted molar refractivity (Wildman–Crippen MR) is 205 cm³/mol. The molecule has 1 aliphatic heterocycles. The second-order valence-corrected chi connectivity index (χ2v) is 13.8. The molecule has 1 heteroatoms. The van der Waals surface area contributed by atoms with Crippen LogP contribution in [0.25, 0.3) is 33.0 Å². The topological polar surface area (TPSA) is 9.23 Å². The fourth-order valence-electron chi connectivity index (χ4n) is 8.97. The van der Waals surface area contributed by atoms with E-state index in [4.69, 9.17) is 4.74 Å². The first-order valence-electron chi connectivity index (χ1n) is 17.4. The minimum absolute atomic E-state index is 0.344. The molecule has 8 aromatic rings. The number of rotatable bonds is 4. The highest BCUT2D eigenvalue weighted by Crippen LogP contribution is 2.58. The second-order valence-electron chi connectivity index (χ2n) is 13.8. The van der Waals surface area contributed by atoms with Gasteiger partial charge in [0.25, 0.3) is 0 Å². The third-order valence-electron chi connectivity index (χ3n) is 11.3. The van der Waals surface area contributed by atoms with Gasteiger partial charge in [-0.2, -0.15) is 0 Å². The summed E-state index contributed by atoms with van der Waals surface area (Å²) in [4.78, 5) is 0. The standard InChI is InChI=1S/C49H34O/c1-48(36-17-4-2-5-18-36)42-25-12-13-26-45(42)50-46-32-35(28-29-43(46)48)34-16-14-21-38(31-34)49(37-19-6-3-7-20-37)41-24-11-10-23-40(41)47-39-22-9-8-15-33(39)27-30-44(47)49/h2-32H,1H3. The predicted octanol–water partition coefficient (Wildman–Crippen LogP) is 12.3. The van der Waals surface area contributed by atoms with Crippen LogP contribution in [0.5, 0.6) is 11.5 Å². The van der Waals surface area contributed by atoms with Crippen molar-refractivity contribution in [3.05, 3.63) is 227 Å². The van der Waals surface area contributed by atoms with Gasteiger partial charge in [0.1, 0.15) is 11.5 Å². The lowest BCUT2D eigenvalue weighted by Gasteiger charge is -2.38. The quantitative estimate of drug-likeness (QED) is 0.186. The average molecular weight is 639 g/mol. The van der Waals surface area contributed by atoms with Gasteiger partial charge in [0.05, 0.1) is 5.41 Å². The fourth-order valence-corrected chi connectivity index (χ4v) is 8.97. The summed E-state index contributed by atoms with van der Waals surface area (Å²) in [6.07, 6.45) is 0. The molecule has 0 N–H and O–H groups in total. The Morgan fingerprint density at radius 3 is 1.86 bits per heavy atom. The molecule has 2 unspecified atom stereocenters. The van der Waals surface area contributed by atoms with E-state index in [0.29, 0.717) is 0 Å². The highest BCUT2D eigenvalue weighted by atomic mass is 16.5. The van der Waals surface area contributed by atoms with Crippen molar-refractivity contribution >= 4 is 10.8 Å². The molecule has 1 nitrogen and oxygen atoms in total. The van der Waals surface area contributed by atoms with Gasteiger partial charge in [0, 0.05) is 16.5 Å². The van der Waals surface area contributed by atoms with E-state index in [0.717, 1.165) is 22.6 Å². The van der Waals surface area contributed by atoms with Gasteiger partial charge in [-0.05, 0) is 86.0 Å². The van der Waals surface area contributed by atoms with E-state index in [9.17, 15) is 0 Å². The lowest BCUT2D eigenvalue weighted by Crippen LogP contribution is -2.29. The fraction of sp³-hybridized carbons (Fsp3) is 0.0612. The van der Waals surface area contributed by atoms with Crippen molar-refractivity contribution in [1.82, 2.24) is 0 Å². The number of fused-ring (bicyclic) bond motifs is 7. The van der Waals surface area contributed by atoms with Gasteiger partial charge in [0.2, 0.25) is 0 Å². The van der Waals surface area contributed by atoms with Crippen LogP contribution in [0.4, 0.5) is 0 Å². The van der Waals surface area contributed by atoms with E-state index in [2.05, 4.69) is 195 Å². The van der Waals surface area contributed by atoms with E-state index >= 15 is 0 Å². The molecule has 0 spiro atoms. The van der Waals surface area contributed by atoms with Crippen molar-refractivity contribution in [2.75, 3.05) is 0 Å². The Bertz CT molecular complexity index is 2580. The van der Waals surface area contributed by atoms with Crippen LogP contribution in [0.15, 0.2) is 188 Å². The first-order valence-corrected chi connectivity index (χ1v) is 17.4. The molecule has 0 saturated heterocycles. The maximum atomic E-state index is 6.71. The van der Waals surface area contributed by atoms with E-state index in [1.54, 1.807) is 0 Å². The number of benzene rings is 8. The Balaban J connectivity index is 1.19. The summed E-state index contributed by atoms with van der Waals surface area (Å²) in [7, 11) is 0. The van der Waals surface area contributed by atoms with Gasteiger partial charge in [-0.3, -0.25) is 0 Å². The Morgan fingerprint density at radius 1 is 0.400 bits per heavy atom. The minimum Gasteiger partial charge on any atom is -0.457 e. The summed E-state index contributed by atoms with van der Waals surface area (Å²) in [5.74, 6) is 1.81. The molecule has 2 atom stereocenters. The molecule has 8 aromatic carbocycles. The summed E-state index contributed by atoms with van der Waals surface area (Å²) in [5.41, 5.74) is 12.9. The normalized spacial score (nSPS) is 18.4. The summed E-state index contributed by atoms with van der Waals surface area (Å²) >= 11 is 0. The highest BCUT2D eigenvalue weighted by molar-refractivity contribution is 6.04. The number of ether oxygens (including phenoxy) is 1. The van der Waals surface area contributed by atoms with Crippen molar-refractivity contribution in [3.8, 4) is 33.8 Å². The van der Waals surface area contributed by atoms with Crippen LogP contribution in [-0.4, -0.2) is 0 Å². The molecule has 0 radical (unpaired) electrons. The van der Waals surface area contributed by atoms with E-state index < -0.39 is 5.41 Å². The second kappa shape index (κ2) is 10.9. The summed E-state index contributed by atoms with van der Waals surface area (Å²) in [5, 5.41) is 2.55. The molecule has 0 aromatic heterocycles. The van der Waals surface area contributed by atoms with E-state index in [1.807, 2.05) is 0 Å². The molecule has 0 fully saturated rings. The molecule has 50 heavy (non-hydrogen) atoms. The van der Waals surface area contributed by atoms with Crippen molar-refractivity contribution in [1.29, 1.82) is 0 Å². The third kappa shape index (κ3) is 3.95.